The number of hydrogen-bond acceptors (Lipinski definition) is 3. The maximum atomic E-state index is 12.4. The van der Waals surface area contributed by atoms with Crippen molar-refractivity contribution >= 4 is 11.7 Å². The van der Waals surface area contributed by atoms with Crippen LogP contribution in [-0.2, 0) is 16.0 Å². The Hall–Kier alpha value is -3.46. The number of methoxy groups -OCH3 is 1. The van der Waals surface area contributed by atoms with Gasteiger partial charge in [0.15, 0.2) is 0 Å². The molecule has 0 aliphatic carbocycles. The number of nitrogens with zero attached hydrogens (tertiary/aromatic N) is 1. The number of aliphatic imine (C=N–C) groups is 1. The van der Waals surface area contributed by atoms with E-state index in [9.17, 15) is 4.79 Å². The van der Waals surface area contributed by atoms with Gasteiger partial charge < -0.3 is 4.74 Å². The van der Waals surface area contributed by atoms with E-state index in [0.29, 0.717) is 12.1 Å². The molecule has 3 aromatic carbocycles. The first-order valence-corrected chi connectivity index (χ1v) is 9.30. The van der Waals surface area contributed by atoms with Gasteiger partial charge in [0.05, 0.1) is 12.8 Å². The Balaban J connectivity index is 1.95. The van der Waals surface area contributed by atoms with Crippen molar-refractivity contribution in [3.63, 3.8) is 0 Å². The minimum Gasteiger partial charge on any atom is -0.464 e. The molecule has 3 heteroatoms. The smallest absolute Gasteiger partial charge is 0.356 e. The number of carbonyl (C=O) groups is 1. The van der Waals surface area contributed by atoms with E-state index in [-0.39, 0.29) is 0 Å². The summed E-state index contributed by atoms with van der Waals surface area (Å²) in [7, 11) is 1.38. The van der Waals surface area contributed by atoms with Crippen LogP contribution in [0.15, 0.2) is 108 Å². The molecule has 0 radical (unpaired) electrons. The van der Waals surface area contributed by atoms with Crippen LogP contribution >= 0.6 is 0 Å². The zero-order valence-electron chi connectivity index (χ0n) is 15.9. The zero-order chi connectivity index (χ0) is 19.6. The topological polar surface area (TPSA) is 38.7 Å². The number of aryl methyl sites for hydroxylation is 1. The van der Waals surface area contributed by atoms with Gasteiger partial charge in [-0.15, -0.1) is 0 Å². The lowest BCUT2D eigenvalue weighted by atomic mass is 10.0. The van der Waals surface area contributed by atoms with Crippen LogP contribution in [0.25, 0.3) is 0 Å². The molecule has 0 heterocycles. The minimum absolute atomic E-state index is 0.320. The van der Waals surface area contributed by atoms with Crippen LogP contribution in [-0.4, -0.2) is 18.8 Å². The Morgan fingerprint density at radius 3 is 1.82 bits per heavy atom. The summed E-state index contributed by atoms with van der Waals surface area (Å²) < 4.78 is 4.97. The monoisotopic (exact) mass is 369 g/mol. The van der Waals surface area contributed by atoms with E-state index in [1.165, 1.54) is 12.7 Å². The van der Waals surface area contributed by atoms with Crippen LogP contribution in [0.5, 0.6) is 0 Å². The van der Waals surface area contributed by atoms with E-state index in [4.69, 9.17) is 9.73 Å². The maximum Gasteiger partial charge on any atom is 0.356 e. The van der Waals surface area contributed by atoms with Crippen molar-refractivity contribution in [2.75, 3.05) is 7.11 Å². The molecule has 0 spiro atoms. The van der Waals surface area contributed by atoms with Crippen LogP contribution in [0.2, 0.25) is 0 Å². The van der Waals surface area contributed by atoms with Crippen molar-refractivity contribution in [3.05, 3.63) is 119 Å². The molecule has 0 fully saturated rings. The minimum atomic E-state index is -0.433. The van der Waals surface area contributed by atoms with E-state index in [1.807, 2.05) is 84.9 Å². The second-order valence-corrected chi connectivity index (χ2v) is 6.30. The highest BCUT2D eigenvalue weighted by atomic mass is 16.5. The molecule has 0 N–H and O–H groups in total. The van der Waals surface area contributed by atoms with Gasteiger partial charge in [-0.1, -0.05) is 97.1 Å². The highest BCUT2D eigenvalue weighted by Gasteiger charge is 2.13. The molecule has 0 aliphatic heterocycles. The molecule has 0 aliphatic rings. The fraction of sp³-hybridized carbons (Fsp3) is 0.120. The number of esters is 1. The zero-order valence-corrected chi connectivity index (χ0v) is 15.9. The predicted molar refractivity (Wildman–Crippen MR) is 113 cm³/mol. The number of ether oxygens (including phenoxy) is 1. The Morgan fingerprint density at radius 2 is 1.32 bits per heavy atom. The number of carbonyl (C=O) groups excluding carboxylic acids is 1. The molecule has 3 nitrogen and oxygen atoms in total. The van der Waals surface area contributed by atoms with Crippen molar-refractivity contribution < 1.29 is 9.53 Å². The normalized spacial score (nSPS) is 11.0. The summed E-state index contributed by atoms with van der Waals surface area (Å²) in [5, 5.41) is 0. The third-order valence-corrected chi connectivity index (χ3v) is 4.33. The lowest BCUT2D eigenvalue weighted by molar-refractivity contribution is -0.136. The van der Waals surface area contributed by atoms with Crippen LogP contribution in [0, 0.1) is 0 Å². The average molecular weight is 369 g/mol. The third-order valence-electron chi connectivity index (χ3n) is 4.33. The third kappa shape index (κ3) is 5.27. The van der Waals surface area contributed by atoms with Gasteiger partial charge >= 0.3 is 5.97 Å². The van der Waals surface area contributed by atoms with Crippen molar-refractivity contribution in [1.29, 1.82) is 0 Å². The summed E-state index contributed by atoms with van der Waals surface area (Å²) in [6.45, 7) is 0. The SMILES string of the molecule is COC(=O)/C(=C\CCc1ccccc1)N=C(c1ccccc1)c1ccccc1. The standard InChI is InChI=1S/C25H23NO2/c1-28-25(27)23(19-11-14-20-12-5-2-6-13-20)26-24(21-15-7-3-8-16-21)22-17-9-4-10-18-22/h2-10,12-13,15-19H,11,14H2,1H3/b23-19+. The molecule has 0 amide bonds. The summed E-state index contributed by atoms with van der Waals surface area (Å²) in [6, 6.07) is 29.9. The van der Waals surface area contributed by atoms with E-state index in [1.54, 1.807) is 0 Å². The molecule has 0 saturated heterocycles. The summed E-state index contributed by atoms with van der Waals surface area (Å²) in [4.78, 5) is 17.1. The van der Waals surface area contributed by atoms with Crippen LogP contribution in [0.4, 0.5) is 0 Å². The molecule has 3 rings (SSSR count). The first-order chi connectivity index (χ1) is 13.8. The second-order valence-electron chi connectivity index (χ2n) is 6.30. The van der Waals surface area contributed by atoms with Gasteiger partial charge in [-0.25, -0.2) is 9.79 Å². The first kappa shape index (κ1) is 19.3. The predicted octanol–water partition coefficient (Wildman–Crippen LogP) is 5.21. The lowest BCUT2D eigenvalue weighted by Crippen LogP contribution is -2.09. The van der Waals surface area contributed by atoms with E-state index >= 15 is 0 Å². The van der Waals surface area contributed by atoms with E-state index in [0.717, 1.165) is 23.3 Å². The summed E-state index contributed by atoms with van der Waals surface area (Å²) >= 11 is 0. The van der Waals surface area contributed by atoms with E-state index < -0.39 is 5.97 Å². The van der Waals surface area contributed by atoms with Crippen LogP contribution < -0.4 is 0 Å². The van der Waals surface area contributed by atoms with Gasteiger partial charge in [-0.2, -0.15) is 0 Å². The summed E-state index contributed by atoms with van der Waals surface area (Å²) in [6.07, 6.45) is 3.39. The van der Waals surface area contributed by atoms with Gasteiger partial charge in [-0.05, 0) is 18.4 Å². The molecule has 3 aromatic rings. The Labute approximate surface area is 166 Å². The Bertz CT molecular complexity index is 904. The van der Waals surface area contributed by atoms with Crippen molar-refractivity contribution in [3.8, 4) is 0 Å². The lowest BCUT2D eigenvalue weighted by Gasteiger charge is -2.09. The maximum absolute atomic E-state index is 12.4. The molecular formula is C25H23NO2. The molecular weight excluding hydrogens is 346 g/mol. The molecule has 0 atom stereocenters. The molecule has 140 valence electrons. The van der Waals surface area contributed by atoms with Crippen LogP contribution in [0.1, 0.15) is 23.1 Å². The fourth-order valence-corrected chi connectivity index (χ4v) is 2.91. The highest BCUT2D eigenvalue weighted by molar-refractivity contribution is 6.14. The average Bonchev–Trinajstić information content (AvgIpc) is 2.77. The summed E-state index contributed by atoms with van der Waals surface area (Å²) in [5.74, 6) is -0.433. The highest BCUT2D eigenvalue weighted by Crippen LogP contribution is 2.15. The second kappa shape index (κ2) is 10.0. The van der Waals surface area contributed by atoms with Crippen molar-refractivity contribution in [1.82, 2.24) is 0 Å². The van der Waals surface area contributed by atoms with Gasteiger partial charge in [0.2, 0.25) is 0 Å². The van der Waals surface area contributed by atoms with Crippen molar-refractivity contribution in [2.45, 2.75) is 12.8 Å². The van der Waals surface area contributed by atoms with Gasteiger partial charge in [-0.3, -0.25) is 0 Å². The quantitative estimate of drug-likeness (QED) is 0.326. The van der Waals surface area contributed by atoms with Crippen molar-refractivity contribution in [2.24, 2.45) is 4.99 Å². The fourth-order valence-electron chi connectivity index (χ4n) is 2.91. The molecule has 0 bridgehead atoms. The number of benzene rings is 3. The summed E-state index contributed by atoms with van der Waals surface area (Å²) in [5.41, 5.74) is 4.19. The first-order valence-electron chi connectivity index (χ1n) is 9.30. The molecule has 0 unspecified atom stereocenters. The van der Waals surface area contributed by atoms with Gasteiger partial charge in [0.25, 0.3) is 0 Å². The number of hydrogen-bond donors (Lipinski definition) is 0. The van der Waals surface area contributed by atoms with Gasteiger partial charge in [0.1, 0.15) is 5.70 Å². The largest absolute Gasteiger partial charge is 0.464 e. The number of allylic oxidation sites excluding steroid dienone is 1. The number of rotatable bonds is 7. The molecule has 0 aromatic heterocycles. The molecule has 28 heavy (non-hydrogen) atoms. The Morgan fingerprint density at radius 1 is 0.821 bits per heavy atom. The Kier molecular flexibility index (Phi) is 6.91. The molecule has 0 saturated carbocycles. The van der Waals surface area contributed by atoms with Gasteiger partial charge in [0, 0.05) is 11.1 Å². The van der Waals surface area contributed by atoms with Crippen LogP contribution in [0.3, 0.4) is 0 Å². The van der Waals surface area contributed by atoms with E-state index in [2.05, 4.69) is 12.1 Å².